The summed E-state index contributed by atoms with van der Waals surface area (Å²) >= 11 is 0. The summed E-state index contributed by atoms with van der Waals surface area (Å²) in [5.41, 5.74) is -1.12. The van der Waals surface area contributed by atoms with Gasteiger partial charge >= 0.3 is 6.03 Å². The summed E-state index contributed by atoms with van der Waals surface area (Å²) in [6.07, 6.45) is 1.60. The third-order valence-corrected chi connectivity index (χ3v) is 2.86. The van der Waals surface area contributed by atoms with E-state index in [1.807, 2.05) is 25.7 Å². The summed E-state index contributed by atoms with van der Waals surface area (Å²) in [4.78, 5) is 25.1. The zero-order valence-electron chi connectivity index (χ0n) is 12.2. The Morgan fingerprint density at radius 3 is 2.53 bits per heavy atom. The SMILES string of the molecule is CC1(O)CCCN(CC(=O)NC(=O)NC(C)(C)C)C1. The molecule has 0 aromatic rings. The summed E-state index contributed by atoms with van der Waals surface area (Å²) in [7, 11) is 0. The van der Waals surface area contributed by atoms with E-state index in [0.717, 1.165) is 19.4 Å². The third-order valence-electron chi connectivity index (χ3n) is 2.86. The van der Waals surface area contributed by atoms with Crippen molar-refractivity contribution in [1.29, 1.82) is 0 Å². The van der Waals surface area contributed by atoms with E-state index in [9.17, 15) is 14.7 Å². The second-order valence-corrected chi connectivity index (χ2v) is 6.56. The summed E-state index contributed by atoms with van der Waals surface area (Å²) < 4.78 is 0. The second kappa shape index (κ2) is 5.88. The van der Waals surface area contributed by atoms with Gasteiger partial charge in [0.2, 0.25) is 5.91 Å². The number of amides is 3. The van der Waals surface area contributed by atoms with Crippen molar-refractivity contribution in [3.05, 3.63) is 0 Å². The molecule has 3 amide bonds. The van der Waals surface area contributed by atoms with Crippen LogP contribution in [0.5, 0.6) is 0 Å². The van der Waals surface area contributed by atoms with Gasteiger partial charge in [-0.1, -0.05) is 0 Å². The number of carbonyl (C=O) groups excluding carboxylic acids is 2. The van der Waals surface area contributed by atoms with E-state index in [1.54, 1.807) is 6.92 Å². The Morgan fingerprint density at radius 2 is 2.00 bits per heavy atom. The predicted molar refractivity (Wildman–Crippen MR) is 72.7 cm³/mol. The van der Waals surface area contributed by atoms with Crippen LogP contribution in [-0.4, -0.2) is 52.7 Å². The van der Waals surface area contributed by atoms with E-state index in [-0.39, 0.29) is 18.0 Å². The number of rotatable bonds is 2. The average Bonchev–Trinajstić information content (AvgIpc) is 2.11. The van der Waals surface area contributed by atoms with Gasteiger partial charge in [0.15, 0.2) is 0 Å². The zero-order chi connectivity index (χ0) is 14.7. The molecular weight excluding hydrogens is 246 g/mol. The van der Waals surface area contributed by atoms with Crippen LogP contribution in [0.1, 0.15) is 40.5 Å². The number of nitrogens with one attached hydrogen (secondary N) is 2. The zero-order valence-corrected chi connectivity index (χ0v) is 12.2. The van der Waals surface area contributed by atoms with E-state index in [2.05, 4.69) is 10.6 Å². The summed E-state index contributed by atoms with van der Waals surface area (Å²) in [5, 5.41) is 14.9. The molecule has 1 aliphatic rings. The lowest BCUT2D eigenvalue weighted by Gasteiger charge is -2.36. The Hall–Kier alpha value is -1.14. The molecule has 3 N–H and O–H groups in total. The number of hydrogen-bond acceptors (Lipinski definition) is 4. The number of aliphatic hydroxyl groups is 1. The Balaban J connectivity index is 2.37. The van der Waals surface area contributed by atoms with Gasteiger partial charge in [0.05, 0.1) is 12.1 Å². The molecule has 0 aliphatic carbocycles. The first kappa shape index (κ1) is 15.9. The number of urea groups is 1. The molecular formula is C13H25N3O3. The van der Waals surface area contributed by atoms with E-state index < -0.39 is 11.6 Å². The van der Waals surface area contributed by atoms with Crippen LogP contribution in [0.25, 0.3) is 0 Å². The Morgan fingerprint density at radius 1 is 1.37 bits per heavy atom. The van der Waals surface area contributed by atoms with Crippen molar-refractivity contribution in [2.24, 2.45) is 0 Å². The third kappa shape index (κ3) is 6.54. The first-order valence-electron chi connectivity index (χ1n) is 6.64. The maximum Gasteiger partial charge on any atom is 0.321 e. The minimum Gasteiger partial charge on any atom is -0.389 e. The molecule has 0 spiro atoms. The Bertz CT molecular complexity index is 348. The van der Waals surface area contributed by atoms with Crippen LogP contribution in [0.15, 0.2) is 0 Å². The predicted octanol–water partition coefficient (Wildman–Crippen LogP) is 0.458. The van der Waals surface area contributed by atoms with Gasteiger partial charge in [-0.2, -0.15) is 0 Å². The number of carbonyl (C=O) groups is 2. The van der Waals surface area contributed by atoms with Crippen LogP contribution in [0.4, 0.5) is 4.79 Å². The number of nitrogens with zero attached hydrogens (tertiary/aromatic N) is 1. The molecule has 1 aliphatic heterocycles. The number of imide groups is 1. The fourth-order valence-corrected chi connectivity index (χ4v) is 2.20. The van der Waals surface area contributed by atoms with Crippen molar-refractivity contribution in [3.63, 3.8) is 0 Å². The molecule has 19 heavy (non-hydrogen) atoms. The van der Waals surface area contributed by atoms with Crippen molar-refractivity contribution < 1.29 is 14.7 Å². The minimum atomic E-state index is -0.744. The summed E-state index contributed by atoms with van der Waals surface area (Å²) in [5.74, 6) is -0.348. The van der Waals surface area contributed by atoms with E-state index >= 15 is 0 Å². The van der Waals surface area contributed by atoms with E-state index in [1.165, 1.54) is 0 Å². The monoisotopic (exact) mass is 271 g/mol. The standard InChI is InChI=1S/C13H25N3O3/c1-12(2,3)15-11(18)14-10(17)8-16-7-5-6-13(4,19)9-16/h19H,5-9H2,1-4H3,(H2,14,15,17,18). The van der Waals surface area contributed by atoms with E-state index in [0.29, 0.717) is 6.54 Å². The van der Waals surface area contributed by atoms with Gasteiger partial charge < -0.3 is 10.4 Å². The van der Waals surface area contributed by atoms with Crippen molar-refractivity contribution in [3.8, 4) is 0 Å². The fourth-order valence-electron chi connectivity index (χ4n) is 2.20. The average molecular weight is 271 g/mol. The maximum absolute atomic E-state index is 11.7. The minimum absolute atomic E-state index is 0.133. The highest BCUT2D eigenvalue weighted by molar-refractivity contribution is 5.95. The number of piperidine rings is 1. The van der Waals surface area contributed by atoms with E-state index in [4.69, 9.17) is 0 Å². The van der Waals surface area contributed by atoms with Gasteiger partial charge in [0.25, 0.3) is 0 Å². The van der Waals surface area contributed by atoms with Gasteiger partial charge in [-0.3, -0.25) is 15.0 Å². The first-order chi connectivity index (χ1) is 8.57. The fraction of sp³-hybridized carbons (Fsp3) is 0.846. The second-order valence-electron chi connectivity index (χ2n) is 6.56. The highest BCUT2D eigenvalue weighted by Gasteiger charge is 2.29. The highest BCUT2D eigenvalue weighted by Crippen LogP contribution is 2.19. The number of β-amino-alcohol motifs (C(OH)–C–C–N with tert-alkyl or cyclic N) is 1. The Labute approximate surface area is 114 Å². The molecule has 1 fully saturated rings. The number of likely N-dealkylation sites (tertiary alicyclic amines) is 1. The molecule has 6 heteroatoms. The number of hydrogen-bond donors (Lipinski definition) is 3. The summed E-state index contributed by atoms with van der Waals surface area (Å²) in [6.45, 7) is 8.67. The topological polar surface area (TPSA) is 81.7 Å². The van der Waals surface area contributed by atoms with Crippen LogP contribution in [0.2, 0.25) is 0 Å². The lowest BCUT2D eigenvalue weighted by molar-refractivity contribution is -0.122. The molecule has 1 unspecified atom stereocenters. The molecule has 1 atom stereocenters. The first-order valence-corrected chi connectivity index (χ1v) is 6.64. The van der Waals surface area contributed by atoms with Gasteiger partial charge in [0, 0.05) is 12.1 Å². The molecule has 1 saturated heterocycles. The lowest BCUT2D eigenvalue weighted by atomic mass is 9.95. The molecule has 0 radical (unpaired) electrons. The maximum atomic E-state index is 11.7. The molecule has 0 aromatic heterocycles. The van der Waals surface area contributed by atoms with Crippen molar-refractivity contribution >= 4 is 11.9 Å². The molecule has 0 bridgehead atoms. The largest absolute Gasteiger partial charge is 0.389 e. The van der Waals surface area contributed by atoms with Crippen LogP contribution < -0.4 is 10.6 Å². The Kier molecular flexibility index (Phi) is 4.92. The van der Waals surface area contributed by atoms with Crippen LogP contribution in [0.3, 0.4) is 0 Å². The van der Waals surface area contributed by atoms with Crippen LogP contribution >= 0.6 is 0 Å². The van der Waals surface area contributed by atoms with Gasteiger partial charge in [0.1, 0.15) is 0 Å². The molecule has 1 rings (SSSR count). The summed E-state index contributed by atoms with van der Waals surface area (Å²) in [6, 6.07) is -0.485. The van der Waals surface area contributed by atoms with Crippen molar-refractivity contribution in [1.82, 2.24) is 15.5 Å². The molecule has 0 aromatic carbocycles. The van der Waals surface area contributed by atoms with Crippen molar-refractivity contribution in [2.75, 3.05) is 19.6 Å². The highest BCUT2D eigenvalue weighted by atomic mass is 16.3. The normalized spacial score (nSPS) is 24.9. The quantitative estimate of drug-likeness (QED) is 0.681. The van der Waals surface area contributed by atoms with Gasteiger partial charge in [-0.05, 0) is 47.1 Å². The van der Waals surface area contributed by atoms with Crippen LogP contribution in [0, 0.1) is 0 Å². The molecule has 110 valence electrons. The van der Waals surface area contributed by atoms with Gasteiger partial charge in [-0.25, -0.2) is 4.79 Å². The smallest absolute Gasteiger partial charge is 0.321 e. The van der Waals surface area contributed by atoms with Crippen LogP contribution in [-0.2, 0) is 4.79 Å². The van der Waals surface area contributed by atoms with Gasteiger partial charge in [-0.15, -0.1) is 0 Å². The molecule has 1 heterocycles. The molecule has 0 saturated carbocycles. The molecule has 6 nitrogen and oxygen atoms in total. The lowest BCUT2D eigenvalue weighted by Crippen LogP contribution is -2.53. The van der Waals surface area contributed by atoms with Crippen molar-refractivity contribution in [2.45, 2.75) is 51.7 Å².